The predicted molar refractivity (Wildman–Crippen MR) is 106 cm³/mol. The molecule has 28 heavy (non-hydrogen) atoms. The molecule has 0 radical (unpaired) electrons. The monoisotopic (exact) mass is 403 g/mol. The van der Waals surface area contributed by atoms with Crippen LogP contribution in [0.25, 0.3) is 0 Å². The van der Waals surface area contributed by atoms with Crippen molar-refractivity contribution in [2.24, 2.45) is 0 Å². The van der Waals surface area contributed by atoms with Gasteiger partial charge in [0.25, 0.3) is 17.7 Å². The summed E-state index contributed by atoms with van der Waals surface area (Å²) in [7, 11) is 0. The van der Waals surface area contributed by atoms with E-state index in [-0.39, 0.29) is 17.2 Å². The molecule has 8 heteroatoms. The molecule has 0 heterocycles. The molecule has 2 aromatic carbocycles. The molecule has 0 fully saturated rings. The number of halogens is 1. The first kappa shape index (κ1) is 21.2. The summed E-state index contributed by atoms with van der Waals surface area (Å²) in [5.74, 6) is -1.03. The van der Waals surface area contributed by atoms with Crippen LogP contribution in [0.15, 0.2) is 42.5 Å². The summed E-state index contributed by atoms with van der Waals surface area (Å²) in [6.45, 7) is 5.09. The van der Waals surface area contributed by atoms with Gasteiger partial charge in [0, 0.05) is 0 Å². The summed E-state index contributed by atoms with van der Waals surface area (Å²) in [6, 6.07) is 11.2. The molecule has 0 aromatic heterocycles. The van der Waals surface area contributed by atoms with E-state index in [1.807, 2.05) is 32.0 Å². The van der Waals surface area contributed by atoms with Gasteiger partial charge in [0.2, 0.25) is 0 Å². The molecule has 0 aliphatic rings. The van der Waals surface area contributed by atoms with Gasteiger partial charge in [-0.15, -0.1) is 0 Å². The minimum absolute atomic E-state index is 0.259. The highest BCUT2D eigenvalue weighted by Gasteiger charge is 2.18. The number of hydrazine groups is 1. The van der Waals surface area contributed by atoms with Gasteiger partial charge in [-0.1, -0.05) is 29.8 Å². The summed E-state index contributed by atoms with van der Waals surface area (Å²) in [5.41, 5.74) is 6.79. The molecular weight excluding hydrogens is 382 g/mol. The number of aryl methyl sites for hydroxylation is 2. The third-order valence-electron chi connectivity index (χ3n) is 3.75. The van der Waals surface area contributed by atoms with Gasteiger partial charge in [-0.25, -0.2) is 0 Å². The first-order valence-corrected chi connectivity index (χ1v) is 8.99. The Bertz CT molecular complexity index is 865. The zero-order valence-electron chi connectivity index (χ0n) is 15.8. The Morgan fingerprint density at radius 2 is 1.68 bits per heavy atom. The predicted octanol–water partition coefficient (Wildman–Crippen LogP) is 2.30. The molecule has 0 unspecified atom stereocenters. The number of hydrogen-bond donors (Lipinski definition) is 3. The summed E-state index contributed by atoms with van der Waals surface area (Å²) in [5, 5.41) is 2.79. The lowest BCUT2D eigenvalue weighted by atomic mass is 10.1. The maximum Gasteiger partial charge on any atom is 0.276 e. The van der Waals surface area contributed by atoms with Gasteiger partial charge in [0.15, 0.2) is 6.61 Å². The van der Waals surface area contributed by atoms with Crippen LogP contribution >= 0.6 is 11.6 Å². The zero-order valence-corrected chi connectivity index (χ0v) is 16.6. The second-order valence-corrected chi connectivity index (χ2v) is 6.73. The topological polar surface area (TPSA) is 96.5 Å². The largest absolute Gasteiger partial charge is 0.484 e. The number of nitrogens with one attached hydrogen (secondary N) is 3. The average Bonchev–Trinajstić information content (AvgIpc) is 2.63. The van der Waals surface area contributed by atoms with Crippen LogP contribution in [0.1, 0.15) is 28.4 Å². The summed E-state index contributed by atoms with van der Waals surface area (Å²) < 4.78 is 5.41. The van der Waals surface area contributed by atoms with Crippen LogP contribution in [-0.4, -0.2) is 30.4 Å². The van der Waals surface area contributed by atoms with E-state index in [2.05, 4.69) is 16.2 Å². The molecule has 0 aliphatic carbocycles. The Kier molecular flexibility index (Phi) is 7.40. The van der Waals surface area contributed by atoms with Crippen molar-refractivity contribution in [2.75, 3.05) is 6.61 Å². The van der Waals surface area contributed by atoms with Crippen LogP contribution in [0.5, 0.6) is 5.75 Å². The normalized spacial score (nSPS) is 11.3. The number of carbonyl (C=O) groups is 3. The van der Waals surface area contributed by atoms with Gasteiger partial charge < -0.3 is 10.1 Å². The smallest absolute Gasteiger partial charge is 0.276 e. The summed E-state index contributed by atoms with van der Waals surface area (Å²) in [6.07, 6.45) is 0. The molecule has 0 aliphatic heterocycles. The van der Waals surface area contributed by atoms with E-state index in [1.165, 1.54) is 6.92 Å². The van der Waals surface area contributed by atoms with E-state index >= 15 is 0 Å². The van der Waals surface area contributed by atoms with Gasteiger partial charge >= 0.3 is 0 Å². The lowest BCUT2D eigenvalue weighted by Crippen LogP contribution is -2.52. The van der Waals surface area contributed by atoms with E-state index in [1.54, 1.807) is 24.3 Å². The minimum atomic E-state index is -0.885. The fraction of sp³-hybridized carbons (Fsp3) is 0.250. The zero-order chi connectivity index (χ0) is 20.7. The van der Waals surface area contributed by atoms with E-state index < -0.39 is 23.8 Å². The van der Waals surface area contributed by atoms with E-state index in [0.29, 0.717) is 5.75 Å². The highest BCUT2D eigenvalue weighted by Crippen LogP contribution is 2.16. The van der Waals surface area contributed by atoms with Gasteiger partial charge in [-0.3, -0.25) is 25.2 Å². The van der Waals surface area contributed by atoms with Crippen LogP contribution in [0.2, 0.25) is 5.02 Å². The Hall–Kier alpha value is -3.06. The number of hydrogen-bond acceptors (Lipinski definition) is 4. The average molecular weight is 404 g/mol. The number of amides is 3. The van der Waals surface area contributed by atoms with Crippen LogP contribution in [0.3, 0.4) is 0 Å². The van der Waals surface area contributed by atoms with Gasteiger partial charge in [-0.05, 0) is 56.2 Å². The molecule has 0 saturated carbocycles. The van der Waals surface area contributed by atoms with Crippen molar-refractivity contribution < 1.29 is 19.1 Å². The molecule has 0 saturated heterocycles. The molecule has 2 aromatic rings. The second kappa shape index (κ2) is 9.75. The van der Waals surface area contributed by atoms with Gasteiger partial charge in [0.05, 0.1) is 10.6 Å². The minimum Gasteiger partial charge on any atom is -0.484 e. The van der Waals surface area contributed by atoms with Crippen molar-refractivity contribution >= 4 is 29.3 Å². The van der Waals surface area contributed by atoms with Crippen molar-refractivity contribution in [1.82, 2.24) is 16.2 Å². The molecule has 7 nitrogen and oxygen atoms in total. The summed E-state index contributed by atoms with van der Waals surface area (Å²) in [4.78, 5) is 36.0. The standard InChI is InChI=1S/C20H22ClN3O4/c1-12-8-13(2)10-15(9-12)28-11-18(25)23-24-19(26)14(3)22-20(27)16-6-4-5-7-17(16)21/h4-10,14H,11H2,1-3H3,(H,22,27)(H,23,25)(H,24,26)/t14-/m0/s1. The Morgan fingerprint density at radius 1 is 1.04 bits per heavy atom. The molecule has 0 spiro atoms. The first-order valence-electron chi connectivity index (χ1n) is 8.61. The van der Waals surface area contributed by atoms with Crippen LogP contribution in [0.4, 0.5) is 0 Å². The maximum absolute atomic E-state index is 12.1. The van der Waals surface area contributed by atoms with Gasteiger partial charge in [-0.2, -0.15) is 0 Å². The number of ether oxygens (including phenoxy) is 1. The van der Waals surface area contributed by atoms with Crippen LogP contribution in [0, 0.1) is 13.8 Å². The molecule has 0 bridgehead atoms. The molecule has 2 rings (SSSR count). The highest BCUT2D eigenvalue weighted by atomic mass is 35.5. The fourth-order valence-electron chi connectivity index (χ4n) is 2.43. The van der Waals surface area contributed by atoms with E-state index in [9.17, 15) is 14.4 Å². The Labute approximate surface area is 168 Å². The molecule has 3 amide bonds. The van der Waals surface area contributed by atoms with Crippen molar-refractivity contribution in [1.29, 1.82) is 0 Å². The number of carbonyl (C=O) groups excluding carboxylic acids is 3. The van der Waals surface area contributed by atoms with Crippen LogP contribution < -0.4 is 20.9 Å². The first-order chi connectivity index (χ1) is 13.3. The van der Waals surface area contributed by atoms with Crippen molar-refractivity contribution in [3.8, 4) is 5.75 Å². The second-order valence-electron chi connectivity index (χ2n) is 6.32. The lowest BCUT2D eigenvalue weighted by molar-refractivity contribution is -0.130. The van der Waals surface area contributed by atoms with Gasteiger partial charge in [0.1, 0.15) is 11.8 Å². The maximum atomic E-state index is 12.1. The molecule has 148 valence electrons. The molecular formula is C20H22ClN3O4. The number of rotatable bonds is 6. The third-order valence-corrected chi connectivity index (χ3v) is 4.08. The van der Waals surface area contributed by atoms with Crippen molar-refractivity contribution in [2.45, 2.75) is 26.8 Å². The Morgan fingerprint density at radius 3 is 2.32 bits per heavy atom. The highest BCUT2D eigenvalue weighted by molar-refractivity contribution is 6.33. The Balaban J connectivity index is 1.78. The summed E-state index contributed by atoms with van der Waals surface area (Å²) >= 11 is 5.96. The molecule has 1 atom stereocenters. The SMILES string of the molecule is Cc1cc(C)cc(OCC(=O)NNC(=O)[C@H](C)NC(=O)c2ccccc2Cl)c1. The number of benzene rings is 2. The quantitative estimate of drug-likeness (QED) is 0.645. The van der Waals surface area contributed by atoms with Crippen molar-refractivity contribution in [3.63, 3.8) is 0 Å². The molecule has 3 N–H and O–H groups in total. The lowest BCUT2D eigenvalue weighted by Gasteiger charge is -2.15. The fourth-order valence-corrected chi connectivity index (χ4v) is 2.65. The van der Waals surface area contributed by atoms with E-state index in [0.717, 1.165) is 11.1 Å². The third kappa shape index (κ3) is 6.28. The van der Waals surface area contributed by atoms with E-state index in [4.69, 9.17) is 16.3 Å². The van der Waals surface area contributed by atoms with Crippen molar-refractivity contribution in [3.05, 3.63) is 64.2 Å². The van der Waals surface area contributed by atoms with Crippen LogP contribution in [-0.2, 0) is 9.59 Å².